The molecule has 1 aliphatic carbocycles. The normalized spacial score (nSPS) is 24.6. The zero-order valence-electron chi connectivity index (χ0n) is 11.0. The van der Waals surface area contributed by atoms with Gasteiger partial charge in [0.05, 0.1) is 17.4 Å². The Morgan fingerprint density at radius 3 is 2.68 bits per heavy atom. The van der Waals surface area contributed by atoms with Gasteiger partial charge in [0.1, 0.15) is 0 Å². The molecule has 19 heavy (non-hydrogen) atoms. The van der Waals surface area contributed by atoms with Crippen molar-refractivity contribution in [2.75, 3.05) is 13.1 Å². The van der Waals surface area contributed by atoms with Gasteiger partial charge in [0, 0.05) is 13.1 Å². The van der Waals surface area contributed by atoms with Crippen LogP contribution in [0.2, 0.25) is 0 Å². The molecular formula is C16H18N2O. The van der Waals surface area contributed by atoms with Crippen molar-refractivity contribution in [2.45, 2.75) is 31.1 Å². The lowest BCUT2D eigenvalue weighted by Crippen LogP contribution is -2.44. The van der Waals surface area contributed by atoms with Crippen LogP contribution >= 0.6 is 0 Å². The first kappa shape index (κ1) is 12.2. The van der Waals surface area contributed by atoms with E-state index in [4.69, 9.17) is 5.26 Å². The fraction of sp³-hybridized carbons (Fsp3) is 0.500. The number of hydrogen-bond acceptors (Lipinski definition) is 2. The summed E-state index contributed by atoms with van der Waals surface area (Å²) in [5.74, 6) is 0.253. The van der Waals surface area contributed by atoms with E-state index in [1.807, 2.05) is 23.1 Å². The molecule has 3 rings (SSSR count). The van der Waals surface area contributed by atoms with Crippen LogP contribution in [0.4, 0.5) is 0 Å². The predicted molar refractivity (Wildman–Crippen MR) is 72.3 cm³/mol. The van der Waals surface area contributed by atoms with E-state index < -0.39 is 0 Å². The summed E-state index contributed by atoms with van der Waals surface area (Å²) in [5, 5.41) is 9.04. The van der Waals surface area contributed by atoms with Gasteiger partial charge in [-0.05, 0) is 31.2 Å². The van der Waals surface area contributed by atoms with Crippen LogP contribution in [-0.4, -0.2) is 23.9 Å². The molecule has 1 aromatic carbocycles. The fourth-order valence-corrected chi connectivity index (χ4v) is 3.08. The lowest BCUT2D eigenvalue weighted by atomic mass is 9.92. The second kappa shape index (κ2) is 4.70. The Morgan fingerprint density at radius 1 is 1.32 bits per heavy atom. The van der Waals surface area contributed by atoms with Crippen LogP contribution in [0.5, 0.6) is 0 Å². The molecule has 0 spiro atoms. The monoisotopic (exact) mass is 254 g/mol. The molecule has 0 aromatic heterocycles. The Balaban J connectivity index is 1.79. The summed E-state index contributed by atoms with van der Waals surface area (Å²) >= 11 is 0. The third kappa shape index (κ3) is 2.12. The summed E-state index contributed by atoms with van der Waals surface area (Å²) in [6.45, 7) is 1.43. The number of nitrogens with zero attached hydrogens (tertiary/aromatic N) is 2. The smallest absolute Gasteiger partial charge is 0.233 e. The molecule has 1 saturated carbocycles. The molecule has 2 aliphatic rings. The first-order chi connectivity index (χ1) is 9.26. The van der Waals surface area contributed by atoms with Crippen LogP contribution < -0.4 is 0 Å². The highest BCUT2D eigenvalue weighted by atomic mass is 16.2. The van der Waals surface area contributed by atoms with Crippen LogP contribution in [-0.2, 0) is 10.2 Å². The average molecular weight is 254 g/mol. The fourth-order valence-electron chi connectivity index (χ4n) is 3.08. The van der Waals surface area contributed by atoms with E-state index >= 15 is 0 Å². The van der Waals surface area contributed by atoms with E-state index in [2.05, 4.69) is 18.2 Å². The third-order valence-corrected chi connectivity index (χ3v) is 4.38. The second-order valence-electron chi connectivity index (χ2n) is 5.67. The number of benzene rings is 1. The maximum atomic E-state index is 12.8. The minimum atomic E-state index is -0.279. The first-order valence-electron chi connectivity index (χ1n) is 7.01. The quantitative estimate of drug-likeness (QED) is 0.813. The van der Waals surface area contributed by atoms with E-state index in [0.717, 1.165) is 37.8 Å². The minimum absolute atomic E-state index is 0.0178. The molecule has 1 aliphatic heterocycles. The van der Waals surface area contributed by atoms with Gasteiger partial charge in [0.15, 0.2) is 0 Å². The molecule has 1 atom stereocenters. The lowest BCUT2D eigenvalue weighted by Gasteiger charge is -2.33. The Morgan fingerprint density at radius 2 is 2.05 bits per heavy atom. The highest BCUT2D eigenvalue weighted by molar-refractivity contribution is 5.91. The van der Waals surface area contributed by atoms with Crippen molar-refractivity contribution in [1.29, 1.82) is 5.26 Å². The molecular weight excluding hydrogens is 236 g/mol. The highest BCUT2D eigenvalue weighted by Crippen LogP contribution is 2.49. The zero-order chi connectivity index (χ0) is 13.3. The Hall–Kier alpha value is -1.82. The van der Waals surface area contributed by atoms with Gasteiger partial charge in [-0.25, -0.2) is 0 Å². The number of amides is 1. The molecule has 0 radical (unpaired) electrons. The standard InChI is InChI=1S/C16H18N2O/c17-11-13-5-4-10-18(12-13)15(19)16(8-9-16)14-6-2-1-3-7-14/h1-3,6-7,13H,4-5,8-10,12H2. The van der Waals surface area contributed by atoms with Crippen LogP contribution in [0.15, 0.2) is 30.3 Å². The lowest BCUT2D eigenvalue weighted by molar-refractivity contribution is -0.135. The SMILES string of the molecule is N#CC1CCCN(C(=O)C2(c3ccccc3)CC2)C1. The molecule has 1 saturated heterocycles. The summed E-state index contributed by atoms with van der Waals surface area (Å²) in [7, 11) is 0. The molecule has 0 bridgehead atoms. The summed E-state index contributed by atoms with van der Waals surface area (Å²) in [6.07, 6.45) is 3.78. The molecule has 1 unspecified atom stereocenters. The Kier molecular flexibility index (Phi) is 3.02. The van der Waals surface area contributed by atoms with E-state index in [1.165, 1.54) is 0 Å². The van der Waals surface area contributed by atoms with Gasteiger partial charge in [-0.2, -0.15) is 5.26 Å². The maximum absolute atomic E-state index is 12.8. The summed E-state index contributed by atoms with van der Waals surface area (Å²) in [4.78, 5) is 14.7. The minimum Gasteiger partial charge on any atom is -0.341 e. The Bertz CT molecular complexity index is 513. The van der Waals surface area contributed by atoms with Gasteiger partial charge in [0.2, 0.25) is 5.91 Å². The van der Waals surface area contributed by atoms with Crippen molar-refractivity contribution in [1.82, 2.24) is 4.90 Å². The topological polar surface area (TPSA) is 44.1 Å². The molecule has 1 aromatic rings. The largest absolute Gasteiger partial charge is 0.341 e. The van der Waals surface area contributed by atoms with Crippen molar-refractivity contribution in [2.24, 2.45) is 5.92 Å². The Labute approximate surface area is 113 Å². The van der Waals surface area contributed by atoms with Crippen LogP contribution in [0.1, 0.15) is 31.2 Å². The first-order valence-corrected chi connectivity index (χ1v) is 7.01. The van der Waals surface area contributed by atoms with E-state index in [-0.39, 0.29) is 17.2 Å². The van der Waals surface area contributed by atoms with Crippen molar-refractivity contribution in [3.8, 4) is 6.07 Å². The number of rotatable bonds is 2. The van der Waals surface area contributed by atoms with Crippen LogP contribution in [0.25, 0.3) is 0 Å². The van der Waals surface area contributed by atoms with E-state index in [0.29, 0.717) is 6.54 Å². The van der Waals surface area contributed by atoms with Gasteiger partial charge < -0.3 is 4.90 Å². The van der Waals surface area contributed by atoms with E-state index in [9.17, 15) is 4.79 Å². The van der Waals surface area contributed by atoms with Crippen molar-refractivity contribution >= 4 is 5.91 Å². The van der Waals surface area contributed by atoms with Gasteiger partial charge >= 0.3 is 0 Å². The third-order valence-electron chi connectivity index (χ3n) is 4.38. The zero-order valence-corrected chi connectivity index (χ0v) is 11.0. The van der Waals surface area contributed by atoms with Crippen molar-refractivity contribution in [3.05, 3.63) is 35.9 Å². The van der Waals surface area contributed by atoms with Gasteiger partial charge in [-0.15, -0.1) is 0 Å². The van der Waals surface area contributed by atoms with Crippen molar-refractivity contribution in [3.63, 3.8) is 0 Å². The predicted octanol–water partition coefficient (Wildman–Crippen LogP) is 2.48. The summed E-state index contributed by atoms with van der Waals surface area (Å²) in [5.41, 5.74) is 0.859. The number of piperidine rings is 1. The van der Waals surface area contributed by atoms with Crippen LogP contribution in [0, 0.1) is 17.2 Å². The molecule has 2 fully saturated rings. The summed E-state index contributed by atoms with van der Waals surface area (Å²) in [6, 6.07) is 12.4. The molecule has 98 valence electrons. The second-order valence-corrected chi connectivity index (χ2v) is 5.67. The number of likely N-dealkylation sites (tertiary alicyclic amines) is 1. The molecule has 3 heteroatoms. The van der Waals surface area contributed by atoms with Crippen molar-refractivity contribution < 1.29 is 4.79 Å². The van der Waals surface area contributed by atoms with Gasteiger partial charge in [-0.3, -0.25) is 4.79 Å². The van der Waals surface area contributed by atoms with Gasteiger partial charge in [-0.1, -0.05) is 30.3 Å². The average Bonchev–Trinajstić information content (AvgIpc) is 3.29. The molecule has 1 amide bonds. The molecule has 3 nitrogen and oxygen atoms in total. The maximum Gasteiger partial charge on any atom is 0.233 e. The number of carbonyl (C=O) groups excluding carboxylic acids is 1. The van der Waals surface area contributed by atoms with E-state index in [1.54, 1.807) is 0 Å². The summed E-state index contributed by atoms with van der Waals surface area (Å²) < 4.78 is 0. The molecule has 0 N–H and O–H groups in total. The number of hydrogen-bond donors (Lipinski definition) is 0. The highest BCUT2D eigenvalue weighted by Gasteiger charge is 2.53. The van der Waals surface area contributed by atoms with Gasteiger partial charge in [0.25, 0.3) is 0 Å². The molecule has 1 heterocycles. The number of nitriles is 1. The number of carbonyl (C=O) groups is 1. The van der Waals surface area contributed by atoms with Crippen LogP contribution in [0.3, 0.4) is 0 Å².